The van der Waals surface area contributed by atoms with Crippen LogP contribution in [0.4, 0.5) is 18.3 Å². The minimum Gasteiger partial charge on any atom is -0.348 e. The van der Waals surface area contributed by atoms with E-state index in [-0.39, 0.29) is 4.90 Å². The maximum Gasteiger partial charge on any atom is 0.416 e. The summed E-state index contributed by atoms with van der Waals surface area (Å²) in [6, 6.07) is 10.1. The van der Waals surface area contributed by atoms with Crippen molar-refractivity contribution < 1.29 is 21.6 Å². The Morgan fingerprint density at radius 3 is 2.28 bits per heavy atom. The molecule has 3 aromatic rings. The van der Waals surface area contributed by atoms with Gasteiger partial charge >= 0.3 is 6.18 Å². The summed E-state index contributed by atoms with van der Waals surface area (Å²) in [5.74, 6) is 0. The first-order valence-corrected chi connectivity index (χ1v) is 12.7. The van der Waals surface area contributed by atoms with Crippen molar-refractivity contribution in [1.29, 1.82) is 0 Å². The van der Waals surface area contributed by atoms with Crippen LogP contribution in [0.2, 0.25) is 0 Å². The first-order valence-electron chi connectivity index (χ1n) is 10.3. The van der Waals surface area contributed by atoms with Crippen molar-refractivity contribution >= 4 is 26.3 Å². The van der Waals surface area contributed by atoms with Gasteiger partial charge in [0.25, 0.3) is 0 Å². The lowest BCUT2D eigenvalue weighted by Crippen LogP contribution is -2.39. The Morgan fingerprint density at radius 1 is 1.03 bits per heavy atom. The summed E-state index contributed by atoms with van der Waals surface area (Å²) in [6.07, 6.45) is -3.89. The van der Waals surface area contributed by atoms with Crippen LogP contribution in [-0.2, 0) is 16.0 Å². The first kappa shape index (κ1) is 22.8. The van der Waals surface area contributed by atoms with Crippen molar-refractivity contribution in [3.05, 3.63) is 64.5 Å². The van der Waals surface area contributed by atoms with E-state index < -0.39 is 26.8 Å². The molecule has 0 amide bonds. The smallest absolute Gasteiger partial charge is 0.348 e. The number of alkyl halides is 3. The van der Waals surface area contributed by atoms with Gasteiger partial charge in [0.2, 0.25) is 0 Å². The van der Waals surface area contributed by atoms with Crippen LogP contribution < -0.4 is 4.90 Å². The van der Waals surface area contributed by atoms with E-state index in [0.29, 0.717) is 25.9 Å². The van der Waals surface area contributed by atoms with Crippen LogP contribution in [0.5, 0.6) is 0 Å². The molecule has 0 N–H and O–H groups in total. The third kappa shape index (κ3) is 4.41. The van der Waals surface area contributed by atoms with Gasteiger partial charge in [0, 0.05) is 24.0 Å². The molecular weight excluding hydrogens is 457 g/mol. The normalized spacial score (nSPS) is 15.8. The molecule has 0 aliphatic carbocycles. The molecule has 9 heteroatoms. The Hall–Kier alpha value is -2.39. The van der Waals surface area contributed by atoms with E-state index in [1.54, 1.807) is 0 Å². The second-order valence-corrected chi connectivity index (χ2v) is 11.1. The first-order chi connectivity index (χ1) is 15.1. The summed E-state index contributed by atoms with van der Waals surface area (Å²) in [5.41, 5.74) is 3.36. The van der Waals surface area contributed by atoms with Crippen molar-refractivity contribution in [2.24, 2.45) is 0 Å². The molecule has 2 aromatic carbocycles. The molecule has 0 unspecified atom stereocenters. The van der Waals surface area contributed by atoms with Gasteiger partial charge in [-0.3, -0.25) is 0 Å². The van der Waals surface area contributed by atoms with Crippen molar-refractivity contribution in [2.45, 2.75) is 43.0 Å². The van der Waals surface area contributed by atoms with Gasteiger partial charge in [0.15, 0.2) is 15.0 Å². The van der Waals surface area contributed by atoms with Crippen LogP contribution in [0.3, 0.4) is 0 Å². The molecule has 1 aliphatic heterocycles. The molecule has 0 saturated carbocycles. The summed E-state index contributed by atoms with van der Waals surface area (Å²) < 4.78 is 65.0. The van der Waals surface area contributed by atoms with E-state index in [9.17, 15) is 21.6 Å². The standard InChI is InChI=1S/C23H23F3N2O2S2/c1-15-5-3-6-16(2)21(15)20-14-31-22(27-20)28-11-9-18(10-12-28)32(29,30)19-8-4-7-17(13-19)23(24,25)26/h3-8,13-14,18H,9-12H2,1-2H3. The highest BCUT2D eigenvalue weighted by Gasteiger charge is 2.35. The number of sulfone groups is 1. The topological polar surface area (TPSA) is 50.3 Å². The van der Waals surface area contributed by atoms with Crippen molar-refractivity contribution in [3.63, 3.8) is 0 Å². The number of halogens is 3. The summed E-state index contributed by atoms with van der Waals surface area (Å²) in [5, 5.41) is 2.13. The van der Waals surface area contributed by atoms with Gasteiger partial charge in [0.05, 0.1) is 21.4 Å². The van der Waals surface area contributed by atoms with Gasteiger partial charge in [-0.05, 0) is 56.0 Å². The molecule has 0 atom stereocenters. The number of anilines is 1. The number of hydrogen-bond acceptors (Lipinski definition) is 5. The zero-order chi connectivity index (χ0) is 23.1. The maximum absolute atomic E-state index is 13.0. The predicted molar refractivity (Wildman–Crippen MR) is 121 cm³/mol. The SMILES string of the molecule is Cc1cccc(C)c1-c1csc(N2CCC(S(=O)(=O)c3cccc(C(F)(F)F)c3)CC2)n1. The van der Waals surface area contributed by atoms with Gasteiger partial charge in [-0.25, -0.2) is 13.4 Å². The molecule has 0 radical (unpaired) electrons. The molecule has 1 aliphatic rings. The van der Waals surface area contributed by atoms with E-state index in [1.165, 1.54) is 17.4 Å². The Balaban J connectivity index is 1.49. The molecule has 1 saturated heterocycles. The van der Waals surface area contributed by atoms with E-state index in [0.717, 1.165) is 45.7 Å². The van der Waals surface area contributed by atoms with Crippen LogP contribution >= 0.6 is 11.3 Å². The number of rotatable bonds is 4. The zero-order valence-corrected chi connectivity index (χ0v) is 19.3. The summed E-state index contributed by atoms with van der Waals surface area (Å²) in [6.45, 7) is 5.07. The Morgan fingerprint density at radius 2 is 1.66 bits per heavy atom. The number of thiazole rings is 1. The minimum atomic E-state index is -4.58. The number of benzene rings is 2. The van der Waals surface area contributed by atoms with Gasteiger partial charge in [-0.2, -0.15) is 13.2 Å². The summed E-state index contributed by atoms with van der Waals surface area (Å²) in [4.78, 5) is 6.57. The fourth-order valence-corrected chi connectivity index (χ4v) is 6.79. The molecule has 2 heterocycles. The van der Waals surface area contributed by atoms with Crippen molar-refractivity contribution in [3.8, 4) is 11.3 Å². The zero-order valence-electron chi connectivity index (χ0n) is 17.7. The number of hydrogen-bond donors (Lipinski definition) is 0. The lowest BCUT2D eigenvalue weighted by atomic mass is 10.0. The van der Waals surface area contributed by atoms with Gasteiger partial charge < -0.3 is 4.90 Å². The van der Waals surface area contributed by atoms with Crippen LogP contribution in [0.1, 0.15) is 29.5 Å². The van der Waals surface area contributed by atoms with E-state index in [2.05, 4.69) is 4.90 Å². The molecule has 32 heavy (non-hydrogen) atoms. The molecular formula is C23H23F3N2O2S2. The number of aryl methyl sites for hydroxylation is 2. The Bertz CT molecular complexity index is 1210. The monoisotopic (exact) mass is 480 g/mol. The van der Waals surface area contributed by atoms with Crippen LogP contribution in [0, 0.1) is 13.8 Å². The van der Waals surface area contributed by atoms with E-state index in [1.807, 2.05) is 37.4 Å². The molecule has 0 bridgehead atoms. The molecule has 4 rings (SSSR count). The van der Waals surface area contributed by atoms with Crippen molar-refractivity contribution in [2.75, 3.05) is 18.0 Å². The Kier molecular flexibility index (Phi) is 6.06. The lowest BCUT2D eigenvalue weighted by molar-refractivity contribution is -0.137. The number of aromatic nitrogens is 1. The Labute approximate surface area is 189 Å². The van der Waals surface area contributed by atoms with Gasteiger partial charge in [-0.15, -0.1) is 11.3 Å². The second kappa shape index (κ2) is 8.51. The molecule has 1 fully saturated rings. The predicted octanol–water partition coefficient (Wildman–Crippen LogP) is 5.89. The minimum absolute atomic E-state index is 0.266. The van der Waals surface area contributed by atoms with Crippen LogP contribution in [0.25, 0.3) is 11.3 Å². The fourth-order valence-electron chi connectivity index (χ4n) is 4.14. The average Bonchev–Trinajstić information content (AvgIpc) is 3.23. The largest absolute Gasteiger partial charge is 0.416 e. The van der Waals surface area contributed by atoms with E-state index >= 15 is 0 Å². The highest BCUT2D eigenvalue weighted by Crippen LogP contribution is 2.35. The molecule has 1 aromatic heterocycles. The van der Waals surface area contributed by atoms with E-state index in [4.69, 9.17) is 4.98 Å². The third-order valence-electron chi connectivity index (χ3n) is 5.87. The van der Waals surface area contributed by atoms with Crippen LogP contribution in [-0.4, -0.2) is 31.7 Å². The van der Waals surface area contributed by atoms with Gasteiger partial charge in [0.1, 0.15) is 0 Å². The summed E-state index contributed by atoms with van der Waals surface area (Å²) >= 11 is 1.52. The van der Waals surface area contributed by atoms with Crippen molar-refractivity contribution in [1.82, 2.24) is 4.98 Å². The van der Waals surface area contributed by atoms with Gasteiger partial charge in [-0.1, -0.05) is 24.3 Å². The maximum atomic E-state index is 13.0. The number of piperidine rings is 1. The highest BCUT2D eigenvalue weighted by atomic mass is 32.2. The third-order valence-corrected chi connectivity index (χ3v) is 9.03. The summed E-state index contributed by atoms with van der Waals surface area (Å²) in [7, 11) is -3.84. The number of nitrogens with zero attached hydrogens (tertiary/aromatic N) is 2. The molecule has 170 valence electrons. The molecule has 0 spiro atoms. The quantitative estimate of drug-likeness (QED) is 0.467. The fraction of sp³-hybridized carbons (Fsp3) is 0.348. The highest BCUT2D eigenvalue weighted by molar-refractivity contribution is 7.92. The second-order valence-electron chi connectivity index (χ2n) is 8.04. The lowest BCUT2D eigenvalue weighted by Gasteiger charge is -2.31. The average molecular weight is 481 g/mol. The van der Waals surface area contributed by atoms with Crippen LogP contribution in [0.15, 0.2) is 52.7 Å². The molecule has 4 nitrogen and oxygen atoms in total.